The largest absolute Gasteiger partial charge is 0.356 e. The van der Waals surface area contributed by atoms with Crippen LogP contribution in [0.4, 0.5) is 17.3 Å². The van der Waals surface area contributed by atoms with Crippen LogP contribution in [0.3, 0.4) is 0 Å². The molecule has 0 bridgehead atoms. The molecule has 0 radical (unpaired) electrons. The van der Waals surface area contributed by atoms with Gasteiger partial charge in [-0.3, -0.25) is 46.4 Å². The number of hydrogen-bond acceptors (Lipinski definition) is 9. The van der Waals surface area contributed by atoms with Gasteiger partial charge in [-0.25, -0.2) is 9.97 Å². The molecule has 2 heterocycles. The van der Waals surface area contributed by atoms with E-state index < -0.39 is 22.4 Å². The number of aromatic nitrogens is 3. The second-order valence-corrected chi connectivity index (χ2v) is 5.96. The number of anilines is 2. The van der Waals surface area contributed by atoms with Crippen LogP contribution in [0.2, 0.25) is 5.02 Å². The minimum atomic E-state index is -0.775. The number of hydrazine groups is 2. The number of halogens is 1. The Morgan fingerprint density at radius 3 is 2.23 bits per heavy atom. The van der Waals surface area contributed by atoms with Crippen molar-refractivity contribution in [1.29, 1.82) is 0 Å². The van der Waals surface area contributed by atoms with Crippen molar-refractivity contribution in [2.24, 2.45) is 0 Å². The Morgan fingerprint density at radius 1 is 0.967 bits per heavy atom. The van der Waals surface area contributed by atoms with Gasteiger partial charge in [0.2, 0.25) is 11.6 Å². The standard InChI is InChI=1S/C17H13ClN8O4/c18-12-6-2-1-5-11(12)17(28)25-23-15-13(26(29)30)14(20-9-21-15)22-24-16(27)10-4-3-7-19-8-10/h1-9H,(H,24,27)(H,25,28)(H2,20,21,22,23). The van der Waals surface area contributed by atoms with Crippen LogP contribution in [-0.4, -0.2) is 31.7 Å². The molecule has 0 aliphatic carbocycles. The average Bonchev–Trinajstić information content (AvgIpc) is 2.76. The van der Waals surface area contributed by atoms with Gasteiger partial charge in [-0.05, 0) is 24.3 Å². The molecule has 152 valence electrons. The van der Waals surface area contributed by atoms with E-state index >= 15 is 0 Å². The van der Waals surface area contributed by atoms with E-state index in [9.17, 15) is 19.7 Å². The Balaban J connectivity index is 1.74. The van der Waals surface area contributed by atoms with Gasteiger partial charge in [0, 0.05) is 12.4 Å². The molecular weight excluding hydrogens is 416 g/mol. The Labute approximate surface area is 173 Å². The van der Waals surface area contributed by atoms with Gasteiger partial charge >= 0.3 is 5.69 Å². The first-order chi connectivity index (χ1) is 14.5. The number of nitrogens with zero attached hydrogens (tertiary/aromatic N) is 4. The van der Waals surface area contributed by atoms with Crippen LogP contribution in [-0.2, 0) is 0 Å². The SMILES string of the molecule is O=C(NNc1ncnc(NNC(=O)c2ccccc2Cl)c1[N+](=O)[O-])c1cccnc1. The quantitative estimate of drug-likeness (QED) is 0.325. The Bertz CT molecular complexity index is 1100. The number of amides is 2. The number of carbonyl (C=O) groups is 2. The molecule has 30 heavy (non-hydrogen) atoms. The minimum Gasteiger partial charge on any atom is -0.276 e. The van der Waals surface area contributed by atoms with Gasteiger partial charge in [0.15, 0.2) is 0 Å². The number of nitro groups is 1. The maximum Gasteiger partial charge on any atom is 0.356 e. The lowest BCUT2D eigenvalue weighted by Crippen LogP contribution is -2.32. The fourth-order valence-corrected chi connectivity index (χ4v) is 2.47. The second-order valence-electron chi connectivity index (χ2n) is 5.56. The van der Waals surface area contributed by atoms with Crippen LogP contribution in [0.25, 0.3) is 0 Å². The summed E-state index contributed by atoms with van der Waals surface area (Å²) in [7, 11) is 0. The summed E-state index contributed by atoms with van der Waals surface area (Å²) in [5, 5.41) is 11.7. The molecule has 0 aliphatic rings. The Hall–Kier alpha value is -4.32. The number of nitrogens with one attached hydrogen (secondary N) is 4. The van der Waals surface area contributed by atoms with Crippen molar-refractivity contribution >= 4 is 40.7 Å². The fraction of sp³-hybridized carbons (Fsp3) is 0. The molecule has 3 aromatic rings. The van der Waals surface area contributed by atoms with Gasteiger partial charge < -0.3 is 0 Å². The average molecular weight is 429 g/mol. The van der Waals surface area contributed by atoms with E-state index in [1.807, 2.05) is 0 Å². The molecule has 0 unspecified atom stereocenters. The highest BCUT2D eigenvalue weighted by molar-refractivity contribution is 6.33. The van der Waals surface area contributed by atoms with Gasteiger partial charge in [-0.15, -0.1) is 0 Å². The molecule has 2 aromatic heterocycles. The summed E-state index contributed by atoms with van der Waals surface area (Å²) >= 11 is 5.95. The molecule has 0 saturated carbocycles. The number of rotatable bonds is 7. The maximum absolute atomic E-state index is 12.2. The smallest absolute Gasteiger partial charge is 0.276 e. The summed E-state index contributed by atoms with van der Waals surface area (Å²) in [4.78, 5) is 46.4. The third-order valence-corrected chi connectivity index (χ3v) is 3.97. The van der Waals surface area contributed by atoms with Gasteiger partial charge in [0.05, 0.1) is 21.1 Å². The van der Waals surface area contributed by atoms with E-state index in [-0.39, 0.29) is 27.8 Å². The lowest BCUT2D eigenvalue weighted by molar-refractivity contribution is -0.383. The van der Waals surface area contributed by atoms with Gasteiger partial charge in [-0.1, -0.05) is 23.7 Å². The van der Waals surface area contributed by atoms with Crippen molar-refractivity contribution in [2.45, 2.75) is 0 Å². The van der Waals surface area contributed by atoms with Crippen molar-refractivity contribution in [1.82, 2.24) is 25.8 Å². The predicted octanol–water partition coefficient (Wildman–Crippen LogP) is 1.95. The summed E-state index contributed by atoms with van der Waals surface area (Å²) in [5.74, 6) is -1.83. The van der Waals surface area contributed by atoms with E-state index in [1.54, 1.807) is 18.2 Å². The van der Waals surface area contributed by atoms with Crippen molar-refractivity contribution in [2.75, 3.05) is 10.9 Å². The van der Waals surface area contributed by atoms with E-state index in [4.69, 9.17) is 11.6 Å². The topological polar surface area (TPSA) is 164 Å². The van der Waals surface area contributed by atoms with E-state index in [1.165, 1.54) is 30.6 Å². The minimum absolute atomic E-state index is 0.158. The molecule has 3 rings (SSSR count). The summed E-state index contributed by atoms with van der Waals surface area (Å²) in [6.07, 6.45) is 3.83. The van der Waals surface area contributed by atoms with Gasteiger partial charge in [-0.2, -0.15) is 0 Å². The molecule has 2 amide bonds. The first kappa shape index (κ1) is 20.4. The Morgan fingerprint density at radius 2 is 1.63 bits per heavy atom. The van der Waals surface area contributed by atoms with Gasteiger partial charge in [0.25, 0.3) is 11.8 Å². The molecule has 0 fully saturated rings. The first-order valence-corrected chi connectivity index (χ1v) is 8.62. The summed E-state index contributed by atoms with van der Waals surface area (Å²) < 4.78 is 0. The molecule has 12 nitrogen and oxygen atoms in total. The fourth-order valence-electron chi connectivity index (χ4n) is 2.25. The van der Waals surface area contributed by atoms with Crippen molar-refractivity contribution in [3.8, 4) is 0 Å². The second kappa shape index (κ2) is 9.25. The van der Waals surface area contributed by atoms with Crippen molar-refractivity contribution in [3.05, 3.63) is 81.4 Å². The zero-order valence-corrected chi connectivity index (χ0v) is 15.8. The van der Waals surface area contributed by atoms with Crippen LogP contribution >= 0.6 is 11.6 Å². The van der Waals surface area contributed by atoms with Gasteiger partial charge in [0.1, 0.15) is 6.33 Å². The van der Waals surface area contributed by atoms with Crippen LogP contribution < -0.4 is 21.7 Å². The van der Waals surface area contributed by atoms with Crippen LogP contribution in [0.5, 0.6) is 0 Å². The normalized spacial score (nSPS) is 10.0. The Kier molecular flexibility index (Phi) is 6.29. The first-order valence-electron chi connectivity index (χ1n) is 8.24. The summed E-state index contributed by atoms with van der Waals surface area (Å²) in [5.41, 5.74) is 9.07. The van der Waals surface area contributed by atoms with E-state index in [0.29, 0.717) is 0 Å². The van der Waals surface area contributed by atoms with Crippen LogP contribution in [0, 0.1) is 10.1 Å². The number of benzene rings is 1. The highest BCUT2D eigenvalue weighted by Gasteiger charge is 2.24. The number of carbonyl (C=O) groups excluding carboxylic acids is 2. The summed E-state index contributed by atoms with van der Waals surface area (Å²) in [6, 6.07) is 9.34. The number of pyridine rings is 1. The van der Waals surface area contributed by atoms with E-state index in [2.05, 4.69) is 36.7 Å². The van der Waals surface area contributed by atoms with Crippen LogP contribution in [0.1, 0.15) is 20.7 Å². The third kappa shape index (κ3) is 4.74. The van der Waals surface area contributed by atoms with Crippen molar-refractivity contribution in [3.63, 3.8) is 0 Å². The molecule has 1 aromatic carbocycles. The lowest BCUT2D eigenvalue weighted by Gasteiger charge is -2.12. The van der Waals surface area contributed by atoms with E-state index in [0.717, 1.165) is 6.33 Å². The highest BCUT2D eigenvalue weighted by Crippen LogP contribution is 2.28. The maximum atomic E-state index is 12.2. The molecule has 4 N–H and O–H groups in total. The molecule has 0 spiro atoms. The van der Waals surface area contributed by atoms with Crippen molar-refractivity contribution < 1.29 is 14.5 Å². The molecular formula is C17H13ClN8O4. The highest BCUT2D eigenvalue weighted by atomic mass is 35.5. The zero-order valence-electron chi connectivity index (χ0n) is 15.0. The monoisotopic (exact) mass is 428 g/mol. The zero-order chi connectivity index (χ0) is 21.5. The summed E-state index contributed by atoms with van der Waals surface area (Å²) in [6.45, 7) is 0. The lowest BCUT2D eigenvalue weighted by atomic mass is 10.2. The molecule has 0 aliphatic heterocycles. The molecule has 13 heteroatoms. The predicted molar refractivity (Wildman–Crippen MR) is 107 cm³/mol. The molecule has 0 atom stereocenters. The number of hydrogen-bond donors (Lipinski definition) is 4. The molecule has 0 saturated heterocycles. The van der Waals surface area contributed by atoms with Crippen LogP contribution in [0.15, 0.2) is 55.1 Å². The third-order valence-electron chi connectivity index (χ3n) is 3.64.